The van der Waals surface area contributed by atoms with E-state index in [0.29, 0.717) is 16.4 Å². The van der Waals surface area contributed by atoms with Crippen LogP contribution in [-0.4, -0.2) is 18.0 Å². The average Bonchev–Trinajstić information content (AvgIpc) is 2.86. The molecule has 0 spiro atoms. The van der Waals surface area contributed by atoms with E-state index >= 15 is 0 Å². The summed E-state index contributed by atoms with van der Waals surface area (Å²) < 4.78 is 14.4. The fourth-order valence-electron chi connectivity index (χ4n) is 3.33. The van der Waals surface area contributed by atoms with E-state index in [9.17, 15) is 9.18 Å². The highest BCUT2D eigenvalue weighted by Crippen LogP contribution is 2.33. The zero-order valence-electron chi connectivity index (χ0n) is 11.6. The van der Waals surface area contributed by atoms with E-state index in [1.54, 1.807) is 12.1 Å². The van der Waals surface area contributed by atoms with Crippen LogP contribution >= 0.6 is 28.3 Å². The molecule has 1 aromatic carbocycles. The van der Waals surface area contributed by atoms with Crippen LogP contribution in [0.2, 0.25) is 0 Å². The van der Waals surface area contributed by atoms with Crippen LogP contribution in [0, 0.1) is 11.7 Å². The van der Waals surface area contributed by atoms with Gasteiger partial charge in [0.25, 0.3) is 0 Å². The van der Waals surface area contributed by atoms with E-state index in [4.69, 9.17) is 0 Å². The average molecular weight is 378 g/mol. The largest absolute Gasteiger partial charge is 0.322 e. The van der Waals surface area contributed by atoms with Gasteiger partial charge in [-0.05, 0) is 43.4 Å². The maximum atomic E-state index is 13.7. The molecule has 2 fully saturated rings. The van der Waals surface area contributed by atoms with Crippen molar-refractivity contribution in [1.29, 1.82) is 0 Å². The molecule has 21 heavy (non-hydrogen) atoms. The van der Waals surface area contributed by atoms with Crippen LogP contribution in [0.15, 0.2) is 22.7 Å². The van der Waals surface area contributed by atoms with Gasteiger partial charge < -0.3 is 10.6 Å². The summed E-state index contributed by atoms with van der Waals surface area (Å²) in [5.41, 5.74) is 0.245. The molecular formula is C15H19BrClFN2O. The molecule has 1 saturated heterocycles. The topological polar surface area (TPSA) is 41.1 Å². The number of anilines is 1. The molecular weight excluding hydrogens is 359 g/mol. The summed E-state index contributed by atoms with van der Waals surface area (Å²) in [5.74, 6) is 0.0676. The molecule has 1 heterocycles. The van der Waals surface area contributed by atoms with Gasteiger partial charge in [-0.3, -0.25) is 4.79 Å². The first-order valence-electron chi connectivity index (χ1n) is 7.15. The molecule has 2 aliphatic rings. The van der Waals surface area contributed by atoms with Crippen molar-refractivity contribution in [1.82, 2.24) is 5.32 Å². The summed E-state index contributed by atoms with van der Waals surface area (Å²) in [7, 11) is 0. The number of halogens is 3. The molecule has 0 aromatic heterocycles. The van der Waals surface area contributed by atoms with Crippen molar-refractivity contribution in [3.8, 4) is 0 Å². The zero-order chi connectivity index (χ0) is 14.1. The number of rotatable bonds is 2. The molecule has 1 aromatic rings. The fraction of sp³-hybridized carbons (Fsp3) is 0.533. The van der Waals surface area contributed by atoms with Gasteiger partial charge in [-0.2, -0.15) is 0 Å². The molecule has 116 valence electrons. The van der Waals surface area contributed by atoms with Gasteiger partial charge in [0, 0.05) is 10.5 Å². The first-order valence-corrected chi connectivity index (χ1v) is 7.95. The lowest BCUT2D eigenvalue weighted by Crippen LogP contribution is -2.40. The second-order valence-electron chi connectivity index (χ2n) is 5.72. The van der Waals surface area contributed by atoms with E-state index in [0.717, 1.165) is 12.8 Å². The first-order chi connectivity index (χ1) is 9.63. The normalized spacial score (nSPS) is 27.6. The van der Waals surface area contributed by atoms with E-state index in [1.165, 1.54) is 25.3 Å². The Bertz CT molecular complexity index is 514. The lowest BCUT2D eigenvalue weighted by atomic mass is 9.85. The highest BCUT2D eigenvalue weighted by Gasteiger charge is 2.38. The molecule has 1 amide bonds. The van der Waals surface area contributed by atoms with Gasteiger partial charge in [0.2, 0.25) is 5.91 Å². The second-order valence-corrected chi connectivity index (χ2v) is 6.64. The SMILES string of the molecule is Cl.O=C(Nc1ccc(Br)cc1F)C1CC2CCCCC2N1. The van der Waals surface area contributed by atoms with Crippen molar-refractivity contribution in [2.24, 2.45) is 5.92 Å². The molecule has 1 aliphatic heterocycles. The Morgan fingerprint density at radius 2 is 2.10 bits per heavy atom. The van der Waals surface area contributed by atoms with Crippen molar-refractivity contribution >= 4 is 39.9 Å². The molecule has 3 nitrogen and oxygen atoms in total. The lowest BCUT2D eigenvalue weighted by molar-refractivity contribution is -0.117. The van der Waals surface area contributed by atoms with Crippen LogP contribution in [0.3, 0.4) is 0 Å². The quantitative estimate of drug-likeness (QED) is 0.821. The number of hydrogen-bond donors (Lipinski definition) is 2. The lowest BCUT2D eigenvalue weighted by Gasteiger charge is -2.24. The van der Waals surface area contributed by atoms with Crippen LogP contribution in [0.5, 0.6) is 0 Å². The number of benzene rings is 1. The smallest absolute Gasteiger partial charge is 0.241 e. The monoisotopic (exact) mass is 376 g/mol. The predicted molar refractivity (Wildman–Crippen MR) is 87.3 cm³/mol. The van der Waals surface area contributed by atoms with Crippen molar-refractivity contribution in [3.63, 3.8) is 0 Å². The van der Waals surface area contributed by atoms with Gasteiger partial charge in [0.15, 0.2) is 0 Å². The van der Waals surface area contributed by atoms with Crippen molar-refractivity contribution in [3.05, 3.63) is 28.5 Å². The Balaban J connectivity index is 0.00000161. The van der Waals surface area contributed by atoms with E-state index in [1.807, 2.05) is 0 Å². The third kappa shape index (κ3) is 3.76. The Kier molecular flexibility index (Phi) is 5.63. The van der Waals surface area contributed by atoms with Gasteiger partial charge in [-0.25, -0.2) is 4.39 Å². The number of amides is 1. The molecule has 6 heteroatoms. The van der Waals surface area contributed by atoms with Crippen LogP contribution in [0.4, 0.5) is 10.1 Å². The number of hydrogen-bond acceptors (Lipinski definition) is 2. The molecule has 1 saturated carbocycles. The third-order valence-electron chi connectivity index (χ3n) is 4.37. The van der Waals surface area contributed by atoms with Crippen LogP contribution < -0.4 is 10.6 Å². The van der Waals surface area contributed by atoms with Crippen LogP contribution in [0.25, 0.3) is 0 Å². The maximum absolute atomic E-state index is 13.7. The highest BCUT2D eigenvalue weighted by atomic mass is 79.9. The van der Waals surface area contributed by atoms with E-state index in [-0.39, 0.29) is 30.0 Å². The Morgan fingerprint density at radius 3 is 2.81 bits per heavy atom. The molecule has 3 atom stereocenters. The minimum absolute atomic E-state index is 0. The number of fused-ring (bicyclic) bond motifs is 1. The van der Waals surface area contributed by atoms with E-state index < -0.39 is 5.82 Å². The van der Waals surface area contributed by atoms with Crippen LogP contribution in [0.1, 0.15) is 32.1 Å². The molecule has 0 radical (unpaired) electrons. The summed E-state index contributed by atoms with van der Waals surface area (Å²) >= 11 is 3.21. The minimum atomic E-state index is -0.414. The molecule has 1 aliphatic carbocycles. The summed E-state index contributed by atoms with van der Waals surface area (Å²) in [5, 5.41) is 6.09. The Hall–Kier alpha value is -0.650. The van der Waals surface area contributed by atoms with Crippen LogP contribution in [-0.2, 0) is 4.79 Å². The number of carbonyl (C=O) groups is 1. The van der Waals surface area contributed by atoms with Crippen molar-refractivity contribution in [2.75, 3.05) is 5.32 Å². The third-order valence-corrected chi connectivity index (χ3v) is 4.86. The predicted octanol–water partition coefficient (Wildman–Crippen LogP) is 3.87. The first kappa shape index (κ1) is 16.7. The number of nitrogens with one attached hydrogen (secondary N) is 2. The molecule has 2 N–H and O–H groups in total. The standard InChI is InChI=1S/C15H18BrFN2O.ClH/c16-10-5-6-13(11(17)8-10)19-15(20)14-7-9-3-1-2-4-12(9)18-14;/h5-6,8-9,12,14,18H,1-4,7H2,(H,19,20);1H. The Morgan fingerprint density at radius 1 is 1.33 bits per heavy atom. The van der Waals surface area contributed by atoms with Gasteiger partial charge in [0.1, 0.15) is 5.82 Å². The Labute approximate surface area is 138 Å². The van der Waals surface area contributed by atoms with Gasteiger partial charge in [-0.1, -0.05) is 28.8 Å². The minimum Gasteiger partial charge on any atom is -0.322 e. The summed E-state index contributed by atoms with van der Waals surface area (Å²) in [6.07, 6.45) is 5.73. The van der Waals surface area contributed by atoms with Gasteiger partial charge in [-0.15, -0.1) is 12.4 Å². The van der Waals surface area contributed by atoms with E-state index in [2.05, 4.69) is 26.6 Å². The van der Waals surface area contributed by atoms with Crippen molar-refractivity contribution < 1.29 is 9.18 Å². The van der Waals surface area contributed by atoms with Gasteiger partial charge in [0.05, 0.1) is 11.7 Å². The maximum Gasteiger partial charge on any atom is 0.241 e. The molecule has 3 unspecified atom stereocenters. The van der Waals surface area contributed by atoms with Gasteiger partial charge >= 0.3 is 0 Å². The summed E-state index contributed by atoms with van der Waals surface area (Å²) in [6, 6.07) is 4.94. The fourth-order valence-corrected chi connectivity index (χ4v) is 3.66. The van der Waals surface area contributed by atoms with Crippen molar-refractivity contribution in [2.45, 2.75) is 44.2 Å². The summed E-state index contributed by atoms with van der Waals surface area (Å²) in [4.78, 5) is 12.2. The summed E-state index contributed by atoms with van der Waals surface area (Å²) in [6.45, 7) is 0. The second kappa shape index (κ2) is 7.07. The zero-order valence-corrected chi connectivity index (χ0v) is 14.0. The molecule has 3 rings (SSSR count). The number of carbonyl (C=O) groups excluding carboxylic acids is 1. The highest BCUT2D eigenvalue weighted by molar-refractivity contribution is 9.10. The molecule has 0 bridgehead atoms.